The average Bonchev–Trinajstić information content (AvgIpc) is 2.33. The van der Waals surface area contributed by atoms with Crippen molar-refractivity contribution < 1.29 is 4.84 Å². The van der Waals surface area contributed by atoms with Crippen molar-refractivity contribution in [3.8, 4) is 0 Å². The summed E-state index contributed by atoms with van der Waals surface area (Å²) in [5.74, 6) is 0. The van der Waals surface area contributed by atoms with Crippen LogP contribution < -0.4 is 0 Å². The fourth-order valence-corrected chi connectivity index (χ4v) is 1.58. The standard InChI is InChI=1S/C8H13NO/c1-8(4-2-5-8)9-6-3-7-10-9/h3,7H,2,4-6H2,1H3. The number of rotatable bonds is 1. The van der Waals surface area contributed by atoms with Crippen molar-refractivity contribution in [1.82, 2.24) is 5.06 Å². The van der Waals surface area contributed by atoms with E-state index < -0.39 is 0 Å². The zero-order valence-electron chi connectivity index (χ0n) is 6.34. The Balaban J connectivity index is 1.98. The van der Waals surface area contributed by atoms with Gasteiger partial charge in [-0.25, -0.2) is 0 Å². The SMILES string of the molecule is CC1(N2CC=CO2)CCC1. The van der Waals surface area contributed by atoms with Gasteiger partial charge in [0.25, 0.3) is 0 Å². The first-order valence-corrected chi connectivity index (χ1v) is 3.91. The Labute approximate surface area is 61.4 Å². The molecule has 0 aromatic carbocycles. The van der Waals surface area contributed by atoms with Gasteiger partial charge in [-0.05, 0) is 32.3 Å². The molecule has 0 N–H and O–H groups in total. The van der Waals surface area contributed by atoms with E-state index in [1.54, 1.807) is 6.26 Å². The second-order valence-electron chi connectivity index (χ2n) is 3.39. The van der Waals surface area contributed by atoms with Crippen LogP contribution in [0.1, 0.15) is 26.2 Å². The molecule has 1 aliphatic heterocycles. The summed E-state index contributed by atoms with van der Waals surface area (Å²) in [7, 11) is 0. The molecule has 1 heterocycles. The molecule has 0 saturated heterocycles. The Morgan fingerprint density at radius 2 is 2.30 bits per heavy atom. The molecular weight excluding hydrogens is 126 g/mol. The molecule has 1 fully saturated rings. The molecule has 2 nitrogen and oxygen atoms in total. The number of hydrogen-bond donors (Lipinski definition) is 0. The number of hydrogen-bond acceptors (Lipinski definition) is 2. The van der Waals surface area contributed by atoms with Crippen molar-refractivity contribution in [2.24, 2.45) is 0 Å². The molecule has 10 heavy (non-hydrogen) atoms. The van der Waals surface area contributed by atoms with Crippen molar-refractivity contribution in [2.75, 3.05) is 6.54 Å². The fraction of sp³-hybridized carbons (Fsp3) is 0.750. The molecule has 0 unspecified atom stereocenters. The monoisotopic (exact) mass is 139 g/mol. The molecule has 2 rings (SSSR count). The Bertz CT molecular complexity index is 153. The maximum absolute atomic E-state index is 5.31. The second-order valence-corrected chi connectivity index (χ2v) is 3.39. The van der Waals surface area contributed by atoms with Crippen LogP contribution in [0.15, 0.2) is 12.3 Å². The first-order valence-electron chi connectivity index (χ1n) is 3.91. The Hall–Kier alpha value is -0.500. The van der Waals surface area contributed by atoms with Crippen molar-refractivity contribution in [3.05, 3.63) is 12.3 Å². The van der Waals surface area contributed by atoms with E-state index in [4.69, 9.17) is 4.84 Å². The molecule has 1 saturated carbocycles. The molecule has 0 aromatic rings. The van der Waals surface area contributed by atoms with Crippen molar-refractivity contribution in [3.63, 3.8) is 0 Å². The highest BCUT2D eigenvalue weighted by molar-refractivity contribution is 4.96. The van der Waals surface area contributed by atoms with Gasteiger partial charge in [-0.15, -0.1) is 5.06 Å². The molecule has 2 heteroatoms. The zero-order chi connectivity index (χ0) is 7.03. The lowest BCUT2D eigenvalue weighted by Gasteiger charge is -2.43. The summed E-state index contributed by atoms with van der Waals surface area (Å²) in [6.07, 6.45) is 7.77. The van der Waals surface area contributed by atoms with E-state index >= 15 is 0 Å². The highest BCUT2D eigenvalue weighted by Crippen LogP contribution is 2.38. The molecule has 56 valence electrons. The summed E-state index contributed by atoms with van der Waals surface area (Å²) in [5, 5.41) is 2.08. The Morgan fingerprint density at radius 1 is 1.50 bits per heavy atom. The smallest absolute Gasteiger partial charge is 0.109 e. The summed E-state index contributed by atoms with van der Waals surface area (Å²) in [6, 6.07) is 0. The van der Waals surface area contributed by atoms with Crippen LogP contribution in [-0.2, 0) is 4.84 Å². The van der Waals surface area contributed by atoms with Gasteiger partial charge < -0.3 is 4.84 Å². The molecule has 0 spiro atoms. The molecule has 0 aromatic heterocycles. The highest BCUT2D eigenvalue weighted by Gasteiger charge is 2.39. The van der Waals surface area contributed by atoms with Gasteiger partial charge in [0.2, 0.25) is 0 Å². The van der Waals surface area contributed by atoms with Crippen LogP contribution in [-0.4, -0.2) is 17.1 Å². The normalized spacial score (nSPS) is 29.7. The van der Waals surface area contributed by atoms with E-state index in [9.17, 15) is 0 Å². The molecule has 0 atom stereocenters. The van der Waals surface area contributed by atoms with Gasteiger partial charge in [0, 0.05) is 0 Å². The van der Waals surface area contributed by atoms with Crippen LogP contribution in [0.25, 0.3) is 0 Å². The predicted octanol–water partition coefficient (Wildman–Crippen LogP) is 1.69. The summed E-state index contributed by atoms with van der Waals surface area (Å²) >= 11 is 0. The van der Waals surface area contributed by atoms with Gasteiger partial charge in [0.05, 0.1) is 12.1 Å². The number of hydroxylamine groups is 2. The first kappa shape index (κ1) is 6.23. The summed E-state index contributed by atoms with van der Waals surface area (Å²) in [6.45, 7) is 3.24. The summed E-state index contributed by atoms with van der Waals surface area (Å²) in [5.41, 5.74) is 0.351. The minimum atomic E-state index is 0.351. The third kappa shape index (κ3) is 0.754. The lowest BCUT2D eigenvalue weighted by Crippen LogP contribution is -2.49. The lowest BCUT2D eigenvalue weighted by molar-refractivity contribution is -0.179. The minimum Gasteiger partial charge on any atom is -0.413 e. The predicted molar refractivity (Wildman–Crippen MR) is 39.2 cm³/mol. The quantitative estimate of drug-likeness (QED) is 0.548. The molecular formula is C8H13NO. The van der Waals surface area contributed by atoms with E-state index in [0.717, 1.165) is 6.54 Å². The van der Waals surface area contributed by atoms with E-state index in [0.29, 0.717) is 5.54 Å². The van der Waals surface area contributed by atoms with Gasteiger partial charge in [0.15, 0.2) is 0 Å². The van der Waals surface area contributed by atoms with E-state index in [1.807, 2.05) is 0 Å². The van der Waals surface area contributed by atoms with Crippen LogP contribution >= 0.6 is 0 Å². The van der Waals surface area contributed by atoms with Crippen LogP contribution in [0.5, 0.6) is 0 Å². The van der Waals surface area contributed by atoms with Gasteiger partial charge in [-0.2, -0.15) is 0 Å². The summed E-state index contributed by atoms with van der Waals surface area (Å²) < 4.78 is 0. The first-order chi connectivity index (χ1) is 4.81. The molecule has 2 aliphatic rings. The van der Waals surface area contributed by atoms with E-state index in [-0.39, 0.29) is 0 Å². The van der Waals surface area contributed by atoms with Crippen LogP contribution in [0.3, 0.4) is 0 Å². The average molecular weight is 139 g/mol. The molecule has 0 amide bonds. The highest BCUT2D eigenvalue weighted by atomic mass is 16.7. The van der Waals surface area contributed by atoms with Gasteiger partial charge in [-0.3, -0.25) is 0 Å². The van der Waals surface area contributed by atoms with Crippen molar-refractivity contribution in [1.29, 1.82) is 0 Å². The molecule has 1 aliphatic carbocycles. The third-order valence-corrected chi connectivity index (χ3v) is 2.59. The fourth-order valence-electron chi connectivity index (χ4n) is 1.58. The Morgan fingerprint density at radius 3 is 2.70 bits per heavy atom. The lowest BCUT2D eigenvalue weighted by atomic mass is 9.78. The third-order valence-electron chi connectivity index (χ3n) is 2.59. The van der Waals surface area contributed by atoms with Gasteiger partial charge >= 0.3 is 0 Å². The van der Waals surface area contributed by atoms with E-state index in [1.165, 1.54) is 19.3 Å². The maximum atomic E-state index is 5.31. The topological polar surface area (TPSA) is 12.5 Å². The minimum absolute atomic E-state index is 0.351. The zero-order valence-corrected chi connectivity index (χ0v) is 6.34. The van der Waals surface area contributed by atoms with Crippen LogP contribution in [0, 0.1) is 0 Å². The van der Waals surface area contributed by atoms with Crippen molar-refractivity contribution in [2.45, 2.75) is 31.7 Å². The van der Waals surface area contributed by atoms with Crippen LogP contribution in [0.2, 0.25) is 0 Å². The van der Waals surface area contributed by atoms with Gasteiger partial charge in [-0.1, -0.05) is 0 Å². The largest absolute Gasteiger partial charge is 0.413 e. The number of nitrogens with zero attached hydrogens (tertiary/aromatic N) is 1. The van der Waals surface area contributed by atoms with E-state index in [2.05, 4.69) is 18.1 Å². The molecule has 0 bridgehead atoms. The summed E-state index contributed by atoms with van der Waals surface area (Å²) in [4.78, 5) is 5.31. The van der Waals surface area contributed by atoms with Crippen LogP contribution in [0.4, 0.5) is 0 Å². The Kier molecular flexibility index (Phi) is 1.24. The maximum Gasteiger partial charge on any atom is 0.109 e. The van der Waals surface area contributed by atoms with Gasteiger partial charge in [0.1, 0.15) is 6.26 Å². The molecule has 0 radical (unpaired) electrons. The second kappa shape index (κ2) is 1.99. The van der Waals surface area contributed by atoms with Crippen molar-refractivity contribution >= 4 is 0 Å².